The zero-order chi connectivity index (χ0) is 21.5. The van der Waals surface area contributed by atoms with Crippen LogP contribution in [0.1, 0.15) is 33.8 Å². The van der Waals surface area contributed by atoms with E-state index in [0.29, 0.717) is 22.2 Å². The van der Waals surface area contributed by atoms with E-state index in [4.69, 9.17) is 20.4 Å². The Morgan fingerprint density at radius 2 is 2.00 bits per heavy atom. The fraction of sp³-hybridized carbons (Fsp3) is 0.174. The summed E-state index contributed by atoms with van der Waals surface area (Å²) in [5.74, 6) is 1.09. The van der Waals surface area contributed by atoms with Crippen molar-refractivity contribution in [2.24, 2.45) is 0 Å². The third-order valence-corrected chi connectivity index (χ3v) is 5.40. The Hall–Kier alpha value is -2.96. The molecule has 0 fully saturated rings. The van der Waals surface area contributed by atoms with Gasteiger partial charge in [-0.2, -0.15) is 0 Å². The highest BCUT2D eigenvalue weighted by molar-refractivity contribution is 7.09. The zero-order valence-electron chi connectivity index (χ0n) is 16.6. The van der Waals surface area contributed by atoms with Gasteiger partial charge in [0.05, 0.1) is 6.26 Å². The molecule has 3 aromatic heterocycles. The van der Waals surface area contributed by atoms with Crippen molar-refractivity contribution in [3.05, 3.63) is 99.0 Å². The van der Waals surface area contributed by atoms with Gasteiger partial charge in [-0.15, -0.1) is 11.3 Å². The van der Waals surface area contributed by atoms with Gasteiger partial charge in [-0.1, -0.05) is 17.7 Å². The van der Waals surface area contributed by atoms with Crippen LogP contribution in [0.25, 0.3) is 0 Å². The van der Waals surface area contributed by atoms with Crippen molar-refractivity contribution in [2.75, 3.05) is 5.32 Å². The maximum atomic E-state index is 11.3. The molecule has 1 unspecified atom stereocenters. The van der Waals surface area contributed by atoms with Gasteiger partial charge in [-0.05, 0) is 73.3 Å². The Labute approximate surface area is 183 Å². The minimum atomic E-state index is -0.997. The molecule has 1 atom stereocenters. The average Bonchev–Trinajstić information content (AvgIpc) is 3.46. The van der Waals surface area contributed by atoms with E-state index in [1.54, 1.807) is 54.9 Å². The van der Waals surface area contributed by atoms with Crippen LogP contribution in [0.15, 0.2) is 75.1 Å². The fourth-order valence-electron chi connectivity index (χ4n) is 2.81. The van der Waals surface area contributed by atoms with Crippen molar-refractivity contribution in [1.29, 1.82) is 0 Å². The molecule has 5 nitrogen and oxygen atoms in total. The third-order valence-electron chi connectivity index (χ3n) is 4.29. The number of aliphatic carboxylic acids is 1. The van der Waals surface area contributed by atoms with E-state index < -0.39 is 12.0 Å². The number of hydrogen-bond donors (Lipinski definition) is 2. The van der Waals surface area contributed by atoms with Crippen LogP contribution in [-0.2, 0) is 11.2 Å². The van der Waals surface area contributed by atoms with E-state index >= 15 is 0 Å². The van der Waals surface area contributed by atoms with Crippen LogP contribution in [0.3, 0.4) is 0 Å². The maximum absolute atomic E-state index is 11.3. The molecule has 0 saturated heterocycles. The van der Waals surface area contributed by atoms with Gasteiger partial charge in [0.25, 0.3) is 0 Å². The predicted molar refractivity (Wildman–Crippen MR) is 119 cm³/mol. The van der Waals surface area contributed by atoms with Gasteiger partial charge < -0.3 is 19.3 Å². The Bertz CT molecular complexity index is 1040. The van der Waals surface area contributed by atoms with Crippen LogP contribution in [0.2, 0.25) is 5.02 Å². The number of thiophene rings is 1. The Morgan fingerprint density at radius 1 is 1.17 bits per heavy atom. The summed E-state index contributed by atoms with van der Waals surface area (Å²) < 4.78 is 10.6. The van der Waals surface area contributed by atoms with E-state index in [1.165, 1.54) is 4.88 Å². The van der Waals surface area contributed by atoms with Gasteiger partial charge in [0.2, 0.25) is 0 Å². The van der Waals surface area contributed by atoms with Gasteiger partial charge in [-0.25, -0.2) is 4.79 Å². The lowest BCUT2D eigenvalue weighted by molar-refractivity contribution is -0.138. The summed E-state index contributed by atoms with van der Waals surface area (Å²) in [6.45, 7) is 3.64. The standard InChI is InChI=1S/C14H14ClNO3.C9H8OS/c1-8-7-10(15)4-5-11(8)16-13(14(17)18)12-6-3-9(2)19-12;1-3-8(10-5-1)7-9-4-2-6-11-9/h3-7,13,16H,1-2H3,(H,17,18);1-6H,7H2. The molecule has 0 radical (unpaired) electrons. The number of furan rings is 2. The highest BCUT2D eigenvalue weighted by Gasteiger charge is 2.23. The first-order chi connectivity index (χ1) is 14.4. The van der Waals surface area contributed by atoms with E-state index in [2.05, 4.69) is 22.8 Å². The molecule has 7 heteroatoms. The fourth-order valence-corrected chi connectivity index (χ4v) is 3.75. The second kappa shape index (κ2) is 10.2. The quantitative estimate of drug-likeness (QED) is 0.346. The molecule has 0 spiro atoms. The van der Waals surface area contributed by atoms with Gasteiger partial charge in [-0.3, -0.25) is 0 Å². The normalized spacial score (nSPS) is 11.4. The molecule has 4 rings (SSSR count). The zero-order valence-corrected chi connectivity index (χ0v) is 18.2. The van der Waals surface area contributed by atoms with Crippen molar-refractivity contribution in [3.63, 3.8) is 0 Å². The molecule has 30 heavy (non-hydrogen) atoms. The molecule has 0 bridgehead atoms. The van der Waals surface area contributed by atoms with Crippen molar-refractivity contribution in [2.45, 2.75) is 26.3 Å². The summed E-state index contributed by atoms with van der Waals surface area (Å²) in [5.41, 5.74) is 1.59. The number of carboxylic acids is 1. The average molecular weight is 444 g/mol. The van der Waals surface area contributed by atoms with Crippen LogP contribution in [-0.4, -0.2) is 11.1 Å². The van der Waals surface area contributed by atoms with Crippen LogP contribution in [0.4, 0.5) is 5.69 Å². The molecule has 2 N–H and O–H groups in total. The van der Waals surface area contributed by atoms with Crippen molar-refractivity contribution < 1.29 is 18.7 Å². The van der Waals surface area contributed by atoms with E-state index in [-0.39, 0.29) is 0 Å². The summed E-state index contributed by atoms with van der Waals surface area (Å²) >= 11 is 7.63. The van der Waals surface area contributed by atoms with E-state index in [9.17, 15) is 9.90 Å². The molecular weight excluding hydrogens is 422 g/mol. The lowest BCUT2D eigenvalue weighted by atomic mass is 10.1. The summed E-state index contributed by atoms with van der Waals surface area (Å²) in [5, 5.41) is 14.9. The van der Waals surface area contributed by atoms with Gasteiger partial charge in [0.1, 0.15) is 17.3 Å². The van der Waals surface area contributed by atoms with Crippen molar-refractivity contribution >= 4 is 34.6 Å². The van der Waals surface area contributed by atoms with Crippen LogP contribution < -0.4 is 5.32 Å². The lowest BCUT2D eigenvalue weighted by Crippen LogP contribution is -2.20. The summed E-state index contributed by atoms with van der Waals surface area (Å²) in [4.78, 5) is 12.7. The molecule has 0 aliphatic carbocycles. The second-order valence-corrected chi connectivity index (χ2v) is 8.13. The number of carboxylic acid groups (broad SMARTS) is 1. The van der Waals surface area contributed by atoms with Crippen LogP contribution in [0, 0.1) is 13.8 Å². The molecule has 4 aromatic rings. The highest BCUT2D eigenvalue weighted by Crippen LogP contribution is 2.26. The highest BCUT2D eigenvalue weighted by atomic mass is 35.5. The molecule has 0 aliphatic heterocycles. The summed E-state index contributed by atoms with van der Waals surface area (Å²) in [6, 6.07) is 15.8. The Morgan fingerprint density at radius 3 is 2.57 bits per heavy atom. The number of rotatable bonds is 6. The first kappa shape index (κ1) is 21.7. The second-order valence-electron chi connectivity index (χ2n) is 6.66. The molecule has 1 aromatic carbocycles. The molecule has 3 heterocycles. The molecule has 0 saturated carbocycles. The lowest BCUT2D eigenvalue weighted by Gasteiger charge is -2.15. The topological polar surface area (TPSA) is 75.6 Å². The van der Waals surface area contributed by atoms with Crippen LogP contribution >= 0.6 is 22.9 Å². The molecule has 0 aliphatic rings. The number of nitrogens with one attached hydrogen (secondary N) is 1. The van der Waals surface area contributed by atoms with Crippen molar-refractivity contribution in [3.8, 4) is 0 Å². The third kappa shape index (κ3) is 6.02. The number of hydrogen-bond acceptors (Lipinski definition) is 5. The summed E-state index contributed by atoms with van der Waals surface area (Å²) in [7, 11) is 0. The number of anilines is 1. The first-order valence-corrected chi connectivity index (χ1v) is 10.5. The summed E-state index contributed by atoms with van der Waals surface area (Å²) in [6.07, 6.45) is 2.63. The van der Waals surface area contributed by atoms with E-state index in [0.717, 1.165) is 17.7 Å². The van der Waals surface area contributed by atoms with Crippen molar-refractivity contribution in [1.82, 2.24) is 0 Å². The first-order valence-electron chi connectivity index (χ1n) is 9.29. The largest absolute Gasteiger partial charge is 0.479 e. The number of benzene rings is 1. The minimum Gasteiger partial charge on any atom is -0.479 e. The van der Waals surface area contributed by atoms with E-state index in [1.807, 2.05) is 19.1 Å². The number of halogens is 1. The van der Waals surface area contributed by atoms with Gasteiger partial charge >= 0.3 is 5.97 Å². The number of carbonyl (C=O) groups is 1. The minimum absolute atomic E-state index is 0.374. The molecule has 156 valence electrons. The predicted octanol–water partition coefficient (Wildman–Crippen LogP) is 6.72. The molecule has 0 amide bonds. The maximum Gasteiger partial charge on any atom is 0.334 e. The molecular formula is C23H22ClNO4S. The smallest absolute Gasteiger partial charge is 0.334 e. The van der Waals surface area contributed by atoms with Crippen LogP contribution in [0.5, 0.6) is 0 Å². The van der Waals surface area contributed by atoms with Gasteiger partial charge in [0.15, 0.2) is 6.04 Å². The monoisotopic (exact) mass is 443 g/mol. The SMILES string of the molecule is Cc1ccc(C(Nc2ccc(Cl)cc2C)C(=O)O)o1.c1coc(Cc2cccs2)c1. The Balaban J connectivity index is 0.000000196. The number of aryl methyl sites for hydroxylation is 2. The Kier molecular flexibility index (Phi) is 7.38. The van der Waals surface area contributed by atoms with Gasteiger partial charge in [0, 0.05) is 22.0 Å².